The van der Waals surface area contributed by atoms with E-state index in [9.17, 15) is 0 Å². The molecule has 0 aromatic heterocycles. The summed E-state index contributed by atoms with van der Waals surface area (Å²) in [5.41, 5.74) is 5.75. The third-order valence-corrected chi connectivity index (χ3v) is 0. The molecule has 1 radical (unpaired) electrons. The van der Waals surface area contributed by atoms with Crippen LogP contribution in [0.5, 0.6) is 0 Å². The fourth-order valence-electron chi connectivity index (χ4n) is 0. The number of rotatable bonds is 0. The predicted molar refractivity (Wildman–Crippen MR) is 34.0 cm³/mol. The van der Waals surface area contributed by atoms with Gasteiger partial charge in [0.15, 0.2) is 0 Å². The summed E-state index contributed by atoms with van der Waals surface area (Å²) < 4.78 is 7.25. The molecule has 0 bridgehead atoms. The van der Waals surface area contributed by atoms with Crippen LogP contribution in [-0.2, 0) is 21.8 Å². The summed E-state index contributed by atoms with van der Waals surface area (Å²) in [6, 6.07) is 0. The molecular formula is C6H4FeN6O+. The molecule has 0 aliphatic heterocycles. The molecule has 14 heavy (non-hydrogen) atoms. The first-order valence-electron chi connectivity index (χ1n) is 1.30. The number of nitrogens with zero attached hydrogens (tertiary/aromatic N) is 6. The molecule has 0 saturated carbocycles. The van der Waals surface area contributed by atoms with Gasteiger partial charge in [-0.15, -0.1) is 0 Å². The number of hydrogen-bond acceptors (Lipinski definition) is 6. The molecule has 0 fully saturated rings. The van der Waals surface area contributed by atoms with Crippen molar-refractivity contribution in [3.63, 3.8) is 0 Å². The maximum atomic E-state index is 7.25. The normalized spacial score (nSPS) is 0.857. The van der Waals surface area contributed by atoms with Gasteiger partial charge >= 0.3 is 27.3 Å². The van der Waals surface area contributed by atoms with Crippen molar-refractivity contribution >= 4 is 0 Å². The van der Waals surface area contributed by atoms with E-state index in [1.54, 1.807) is 0 Å². The fourth-order valence-corrected chi connectivity index (χ4v) is 0. The first-order chi connectivity index (χ1) is 6.00. The van der Waals surface area contributed by atoms with Gasteiger partial charge in [0.1, 0.15) is 0 Å². The average Bonchev–Trinajstić information content (AvgIpc) is 2.33. The van der Waals surface area contributed by atoms with Gasteiger partial charge in [-0.1, -0.05) is 7.43 Å². The summed E-state index contributed by atoms with van der Waals surface area (Å²) in [6.45, 7) is 23.8. The van der Waals surface area contributed by atoms with E-state index in [1.807, 2.05) is 0 Å². The van der Waals surface area contributed by atoms with Crippen molar-refractivity contribution in [2.45, 2.75) is 7.43 Å². The second kappa shape index (κ2) is 177. The Morgan fingerprint density at radius 2 is 0.500 bits per heavy atom. The molecule has 0 rings (SSSR count). The predicted octanol–water partition coefficient (Wildman–Crippen LogP) is 1.01. The van der Waals surface area contributed by atoms with Gasteiger partial charge in [0.25, 0.3) is 0 Å². The molecule has 0 aliphatic rings. The molecule has 0 atom stereocenters. The summed E-state index contributed by atoms with van der Waals surface area (Å²) in [6.07, 6.45) is 0. The maximum Gasteiger partial charge on any atom is 5.00 e. The molecule has 0 spiro atoms. The largest absolute Gasteiger partial charge is 5.00 e. The van der Waals surface area contributed by atoms with Crippen molar-refractivity contribution in [1.82, 2.24) is 0 Å². The van der Waals surface area contributed by atoms with E-state index in [0.717, 1.165) is 0 Å². The minimum atomic E-state index is 0. The molecule has 0 heterocycles. The molecule has 7 nitrogen and oxygen atoms in total. The molecule has 0 aliphatic carbocycles. The second-order valence-electron chi connectivity index (χ2n) is 0. The first kappa shape index (κ1) is 99.5. The summed E-state index contributed by atoms with van der Waals surface area (Å²) in [4.78, 5) is 0. The van der Waals surface area contributed by atoms with Gasteiger partial charge in [-0.2, -0.15) is 0 Å². The minimum Gasteiger partial charge on any atom is -0.512 e. The molecule has 71 valence electrons. The van der Waals surface area contributed by atoms with Crippen molar-refractivity contribution < 1.29 is 21.8 Å². The molecule has 0 unspecified atom stereocenters. The third kappa shape index (κ3) is 129. The molecular weight excluding hydrogens is 228 g/mol. The van der Waals surface area contributed by atoms with Crippen molar-refractivity contribution in [2.24, 2.45) is 0 Å². The van der Waals surface area contributed by atoms with Crippen LogP contribution in [0.15, 0.2) is 0 Å². The quantitative estimate of drug-likeness (QED) is 0.343. The van der Waals surface area contributed by atoms with Crippen LogP contribution in [0.2, 0.25) is 0 Å². The molecule has 0 saturated heterocycles. The van der Waals surface area contributed by atoms with Gasteiger partial charge in [0.05, 0.1) is 0 Å². The van der Waals surface area contributed by atoms with E-state index in [0.29, 0.717) is 0 Å². The zero-order chi connectivity index (χ0) is 12.0. The van der Waals surface area contributed by atoms with Crippen LogP contribution in [-0.4, -0.2) is 0 Å². The van der Waals surface area contributed by atoms with Gasteiger partial charge in [-0.3, -0.25) is 0 Å². The molecule has 8 heteroatoms. The summed E-state index contributed by atoms with van der Waals surface area (Å²) in [7, 11) is 0. The first-order valence-corrected chi connectivity index (χ1v) is 1.30. The van der Waals surface area contributed by atoms with E-state index >= 15 is 0 Å². The van der Waals surface area contributed by atoms with E-state index < -0.39 is 0 Å². The van der Waals surface area contributed by atoms with Gasteiger partial charge in [0, 0.05) is 0 Å². The molecule has 0 aromatic carbocycles. The number of hydrogen-bond donors (Lipinski definition) is 0. The summed E-state index contributed by atoms with van der Waals surface area (Å²) in [5.74, 6) is 0. The van der Waals surface area contributed by atoms with Crippen molar-refractivity contribution in [2.75, 3.05) is 0 Å². The summed E-state index contributed by atoms with van der Waals surface area (Å²) >= 11 is 0. The standard InChI is InChI=1S/5CN.CH4.Fe.NO/c5*1-2;;;1-2/h;;;;;1H4;;/q5*-1;;+5;+1. The molecule has 0 N–H and O–H groups in total. The van der Waals surface area contributed by atoms with Gasteiger partial charge < -0.3 is 59.2 Å². The minimum absolute atomic E-state index is 0. The van der Waals surface area contributed by atoms with Gasteiger partial charge in [-0.25, -0.2) is 0 Å². The average molecular weight is 232 g/mol. The van der Waals surface area contributed by atoms with Crippen molar-refractivity contribution in [1.29, 1.82) is 31.8 Å². The smallest absolute Gasteiger partial charge is 0.512 e. The van der Waals surface area contributed by atoms with Crippen molar-refractivity contribution in [3.8, 4) is 0 Å². The SMILES string of the molecule is C.N#[O+].[C-]#N.[C-]#N.[C-]#N.[C-]#N.[C-]#N.[Fe+5]. The van der Waals surface area contributed by atoms with Crippen LogP contribution < -0.4 is 0 Å². The van der Waals surface area contributed by atoms with Gasteiger partial charge in [-0.05, 0) is 0 Å². The Morgan fingerprint density at radius 3 is 0.500 bits per heavy atom. The topological polar surface area (TPSA) is 163 Å². The van der Waals surface area contributed by atoms with E-state index in [-0.39, 0.29) is 24.5 Å². The van der Waals surface area contributed by atoms with Crippen molar-refractivity contribution in [3.05, 3.63) is 32.9 Å². The van der Waals surface area contributed by atoms with Gasteiger partial charge in [0.2, 0.25) is 0 Å². The zero-order valence-corrected chi connectivity index (χ0v) is 7.05. The Balaban J connectivity index is -0.00000000500. The fraction of sp³-hybridized carbons (Fsp3) is 0.167. The van der Waals surface area contributed by atoms with Crippen LogP contribution >= 0.6 is 0 Å². The van der Waals surface area contributed by atoms with Crippen LogP contribution in [0.3, 0.4) is 0 Å². The Bertz CT molecular complexity index is 97.3. The van der Waals surface area contributed by atoms with E-state index in [4.69, 9.17) is 69.4 Å². The Hall–Kier alpha value is -2.36. The Morgan fingerprint density at radius 1 is 0.500 bits per heavy atom. The Labute approximate surface area is 94.4 Å². The zero-order valence-electron chi connectivity index (χ0n) is 5.95. The van der Waals surface area contributed by atoms with E-state index in [1.165, 1.54) is 0 Å². The Kier molecular flexibility index (Phi) is 1260. The molecule has 0 aromatic rings. The second-order valence-corrected chi connectivity index (χ2v) is 0. The van der Waals surface area contributed by atoms with Crippen LogP contribution in [0, 0.1) is 64.6 Å². The maximum absolute atomic E-state index is 7.25. The van der Waals surface area contributed by atoms with Crippen LogP contribution in [0.25, 0.3) is 0 Å². The monoisotopic (exact) mass is 232 g/mol. The van der Waals surface area contributed by atoms with Crippen LogP contribution in [0.4, 0.5) is 0 Å². The van der Waals surface area contributed by atoms with Crippen LogP contribution in [0.1, 0.15) is 7.43 Å². The molecule has 0 amide bonds. The van der Waals surface area contributed by atoms with E-state index in [2.05, 4.69) is 0 Å². The third-order valence-electron chi connectivity index (χ3n) is 0. The summed E-state index contributed by atoms with van der Waals surface area (Å²) in [5, 5.41) is 31.2.